The number of aromatic hydroxyl groups is 1. The van der Waals surface area contributed by atoms with Gasteiger partial charge in [0.25, 0.3) is 11.8 Å². The van der Waals surface area contributed by atoms with Gasteiger partial charge < -0.3 is 26.6 Å². The van der Waals surface area contributed by atoms with Crippen LogP contribution in [0.15, 0.2) is 48.5 Å². The molecule has 0 saturated carbocycles. The van der Waals surface area contributed by atoms with Crippen molar-refractivity contribution in [3.63, 3.8) is 0 Å². The molecule has 1 saturated heterocycles. The maximum atomic E-state index is 14.3. The third-order valence-electron chi connectivity index (χ3n) is 5.70. The fraction of sp³-hybridized carbons (Fsp3) is 0.250. The highest BCUT2D eigenvalue weighted by Gasteiger charge is 2.36. The highest BCUT2D eigenvalue weighted by atomic mass is 32.1. The molecule has 6 N–H and O–H groups in total. The van der Waals surface area contributed by atoms with Gasteiger partial charge in [-0.05, 0) is 60.3 Å². The molecule has 1 fully saturated rings. The second-order valence-electron chi connectivity index (χ2n) is 8.17. The summed E-state index contributed by atoms with van der Waals surface area (Å²) in [7, 11) is 0. The van der Waals surface area contributed by atoms with Crippen molar-refractivity contribution in [2.24, 2.45) is 5.73 Å². The number of nitrogens with zero attached hydrogens (tertiary/aromatic N) is 2. The molecule has 12 heteroatoms. The van der Waals surface area contributed by atoms with Gasteiger partial charge in [0, 0.05) is 18.8 Å². The smallest absolute Gasteiger partial charge is 0.273 e. The van der Waals surface area contributed by atoms with E-state index in [9.17, 15) is 23.9 Å². The van der Waals surface area contributed by atoms with E-state index in [4.69, 9.17) is 16.2 Å². The summed E-state index contributed by atoms with van der Waals surface area (Å²) in [6.07, 6.45) is 1.50. The average molecular weight is 514 g/mol. The zero-order valence-electron chi connectivity index (χ0n) is 19.0. The number of hydrogen-bond donors (Lipinski definition) is 4. The lowest BCUT2D eigenvalue weighted by molar-refractivity contribution is -0.123. The molecular formula is C24H24FN5O5S. The van der Waals surface area contributed by atoms with Crippen molar-refractivity contribution in [3.05, 3.63) is 70.5 Å². The second-order valence-corrected chi connectivity index (χ2v) is 8.94. The number of hydrogen-bond acceptors (Lipinski definition) is 8. The van der Waals surface area contributed by atoms with Gasteiger partial charge in [0.05, 0.1) is 11.8 Å². The molecule has 188 valence electrons. The topological polar surface area (TPSA) is 161 Å². The number of phenolic OH excluding ortho intramolecular Hbond substituents is 1. The van der Waals surface area contributed by atoms with Gasteiger partial charge >= 0.3 is 0 Å². The first-order valence-electron chi connectivity index (χ1n) is 11.1. The molecular weight excluding hydrogens is 489 g/mol. The summed E-state index contributed by atoms with van der Waals surface area (Å²) in [5.41, 5.74) is 11.2. The Hall–Kier alpha value is -4.03. The Morgan fingerprint density at radius 3 is 2.61 bits per heavy atom. The summed E-state index contributed by atoms with van der Waals surface area (Å²) in [6, 6.07) is 9.58. The summed E-state index contributed by atoms with van der Waals surface area (Å²) in [6.45, 7) is 0.815. The molecule has 1 aliphatic rings. The first-order valence-corrected chi connectivity index (χ1v) is 11.9. The van der Waals surface area contributed by atoms with Gasteiger partial charge in [0.15, 0.2) is 5.69 Å². The van der Waals surface area contributed by atoms with E-state index in [-0.39, 0.29) is 40.3 Å². The van der Waals surface area contributed by atoms with E-state index in [1.807, 2.05) is 0 Å². The van der Waals surface area contributed by atoms with Crippen molar-refractivity contribution in [2.45, 2.75) is 25.0 Å². The molecule has 0 radical (unpaired) electrons. The first-order chi connectivity index (χ1) is 17.3. The molecule has 2 aromatic carbocycles. The van der Waals surface area contributed by atoms with Gasteiger partial charge in [-0.1, -0.05) is 18.2 Å². The van der Waals surface area contributed by atoms with Gasteiger partial charge in [-0.25, -0.2) is 4.39 Å². The van der Waals surface area contributed by atoms with Gasteiger partial charge in [-0.2, -0.15) is 4.37 Å². The highest BCUT2D eigenvalue weighted by Crippen LogP contribution is 2.34. The van der Waals surface area contributed by atoms with Gasteiger partial charge in [-0.3, -0.25) is 19.3 Å². The molecule has 3 aromatic rings. The van der Waals surface area contributed by atoms with E-state index >= 15 is 0 Å². The molecule has 10 nitrogen and oxygen atoms in total. The van der Waals surface area contributed by atoms with E-state index in [0.29, 0.717) is 23.7 Å². The maximum Gasteiger partial charge on any atom is 0.273 e. The number of primary amides is 1. The van der Waals surface area contributed by atoms with Crippen LogP contribution in [0, 0.1) is 5.82 Å². The molecule has 4 rings (SSSR count). The predicted molar refractivity (Wildman–Crippen MR) is 131 cm³/mol. The Labute approximate surface area is 209 Å². The largest absolute Gasteiger partial charge is 0.508 e. The minimum absolute atomic E-state index is 0.0429. The number of carbonyl (C=O) groups is 3. The number of halogens is 1. The number of aromatic nitrogens is 1. The number of carbonyl (C=O) groups excluding carboxylic acids is 3. The molecule has 1 aromatic heterocycles. The SMILES string of the molecule is NC(=O)c1nsc(C(=O)N(c2cccc(F)c2)[C@@H](C(=O)NC[C@H]2CCCO2)c2ccc(O)cc2)c1N. The lowest BCUT2D eigenvalue weighted by Gasteiger charge is -2.31. The normalized spacial score (nSPS) is 15.9. The van der Waals surface area contributed by atoms with Crippen molar-refractivity contribution in [2.75, 3.05) is 23.8 Å². The van der Waals surface area contributed by atoms with Crippen molar-refractivity contribution < 1.29 is 28.6 Å². The van der Waals surface area contributed by atoms with Gasteiger partial charge in [0.1, 0.15) is 22.5 Å². The summed E-state index contributed by atoms with van der Waals surface area (Å²) in [5, 5.41) is 12.6. The molecule has 2 atom stereocenters. The van der Waals surface area contributed by atoms with Crippen molar-refractivity contribution in [1.29, 1.82) is 0 Å². The summed E-state index contributed by atoms with van der Waals surface area (Å²) >= 11 is 0.648. The zero-order valence-corrected chi connectivity index (χ0v) is 19.8. The fourth-order valence-electron chi connectivity index (χ4n) is 3.94. The van der Waals surface area contributed by atoms with Gasteiger partial charge in [-0.15, -0.1) is 0 Å². The third kappa shape index (κ3) is 5.29. The molecule has 0 unspecified atom stereocenters. The molecule has 0 spiro atoms. The molecule has 1 aliphatic heterocycles. The zero-order chi connectivity index (χ0) is 25.8. The summed E-state index contributed by atoms with van der Waals surface area (Å²) < 4.78 is 23.7. The van der Waals surface area contributed by atoms with Crippen molar-refractivity contribution in [1.82, 2.24) is 9.69 Å². The van der Waals surface area contributed by atoms with E-state index in [1.165, 1.54) is 42.5 Å². The van der Waals surface area contributed by atoms with Gasteiger partial charge in [0.2, 0.25) is 5.91 Å². The van der Waals surface area contributed by atoms with E-state index in [0.717, 1.165) is 23.8 Å². The Morgan fingerprint density at radius 1 is 1.25 bits per heavy atom. The Bertz CT molecular complexity index is 1280. The molecule has 3 amide bonds. The number of phenols is 1. The van der Waals surface area contributed by atoms with Crippen LogP contribution in [-0.2, 0) is 9.53 Å². The minimum Gasteiger partial charge on any atom is -0.508 e. The average Bonchev–Trinajstić information content (AvgIpc) is 3.51. The van der Waals surface area contributed by atoms with E-state index in [1.54, 1.807) is 0 Å². The van der Waals surface area contributed by atoms with Crippen molar-refractivity contribution >= 4 is 40.6 Å². The number of nitrogens with two attached hydrogens (primary N) is 2. The standard InChI is InChI=1S/C24H24FN5O5S/c25-14-3-1-4-15(11-14)30(24(34)21-18(26)19(22(27)32)29-36-21)20(13-6-8-16(31)9-7-13)23(33)28-12-17-5-2-10-35-17/h1,3-4,6-9,11,17,20,31H,2,5,10,12,26H2,(H2,27,32)(H,28,33)/t17-,20-/m1/s1. The maximum absolute atomic E-state index is 14.3. The molecule has 0 bridgehead atoms. The highest BCUT2D eigenvalue weighted by molar-refractivity contribution is 7.09. The fourth-order valence-corrected chi connectivity index (χ4v) is 4.68. The Balaban J connectivity index is 1.80. The second kappa shape index (κ2) is 10.7. The lowest BCUT2D eigenvalue weighted by Crippen LogP contribution is -2.45. The van der Waals surface area contributed by atoms with E-state index in [2.05, 4.69) is 9.69 Å². The number of nitrogen functional groups attached to an aromatic ring is 1. The quantitative estimate of drug-likeness (QED) is 0.359. The summed E-state index contributed by atoms with van der Waals surface area (Å²) in [5.74, 6) is -2.94. The van der Waals surface area contributed by atoms with Crippen LogP contribution >= 0.6 is 11.5 Å². The Kier molecular flexibility index (Phi) is 7.46. The van der Waals surface area contributed by atoms with Crippen LogP contribution in [0.1, 0.15) is 44.6 Å². The molecule has 2 heterocycles. The third-order valence-corrected chi connectivity index (χ3v) is 6.56. The molecule has 0 aliphatic carbocycles. The van der Waals surface area contributed by atoms with Crippen molar-refractivity contribution in [3.8, 4) is 5.75 Å². The molecule has 36 heavy (non-hydrogen) atoms. The van der Waals surface area contributed by atoms with Crippen LogP contribution < -0.4 is 21.7 Å². The summed E-state index contributed by atoms with van der Waals surface area (Å²) in [4.78, 5) is 40.0. The number of ether oxygens (including phenoxy) is 1. The van der Waals surface area contributed by atoms with Crippen LogP contribution in [0.5, 0.6) is 5.75 Å². The van der Waals surface area contributed by atoms with Crippen LogP contribution in [0.3, 0.4) is 0 Å². The number of amides is 3. The number of anilines is 2. The van der Waals surface area contributed by atoms with Crippen LogP contribution in [0.25, 0.3) is 0 Å². The predicted octanol–water partition coefficient (Wildman–Crippen LogP) is 2.35. The monoisotopic (exact) mass is 513 g/mol. The number of rotatable bonds is 8. The number of benzene rings is 2. The van der Waals surface area contributed by atoms with Crippen LogP contribution in [0.4, 0.5) is 15.8 Å². The minimum atomic E-state index is -1.29. The van der Waals surface area contributed by atoms with Crippen LogP contribution in [0.2, 0.25) is 0 Å². The van der Waals surface area contributed by atoms with E-state index < -0.39 is 29.6 Å². The Morgan fingerprint density at radius 2 is 2.00 bits per heavy atom. The first kappa shape index (κ1) is 25.1. The number of nitrogens with one attached hydrogen (secondary N) is 1. The lowest BCUT2D eigenvalue weighted by atomic mass is 10.0. The van der Waals surface area contributed by atoms with Crippen LogP contribution in [-0.4, -0.2) is 46.5 Å².